The third-order valence-electron chi connectivity index (χ3n) is 4.27. The van der Waals surface area contributed by atoms with Crippen LogP contribution in [0.1, 0.15) is 47.0 Å². The van der Waals surface area contributed by atoms with Crippen molar-refractivity contribution in [2.75, 3.05) is 33.4 Å². The average molecular weight is 299 g/mol. The van der Waals surface area contributed by atoms with Gasteiger partial charge >= 0.3 is 0 Å². The first kappa shape index (κ1) is 18.2. The van der Waals surface area contributed by atoms with Crippen LogP contribution in [-0.4, -0.2) is 51.5 Å². The molecule has 5 nitrogen and oxygen atoms in total. The van der Waals surface area contributed by atoms with Gasteiger partial charge < -0.3 is 20.1 Å². The molecule has 0 aliphatic heterocycles. The molecular formula is C16H33N3O2. The van der Waals surface area contributed by atoms with Crippen molar-refractivity contribution in [3.05, 3.63) is 0 Å². The number of ether oxygens (including phenoxy) is 2. The Kier molecular flexibility index (Phi) is 8.04. The SMILES string of the molecule is CCCCOC1CC(NC(=NC)NCCOCC)C1(C)C. The van der Waals surface area contributed by atoms with E-state index >= 15 is 0 Å². The summed E-state index contributed by atoms with van der Waals surface area (Å²) in [6.07, 6.45) is 3.72. The molecule has 2 N–H and O–H groups in total. The van der Waals surface area contributed by atoms with Gasteiger partial charge in [-0.2, -0.15) is 0 Å². The Balaban J connectivity index is 2.31. The molecule has 1 rings (SSSR count). The molecule has 0 aromatic carbocycles. The van der Waals surface area contributed by atoms with Gasteiger partial charge in [-0.25, -0.2) is 0 Å². The second-order valence-electron chi connectivity index (χ2n) is 6.16. The van der Waals surface area contributed by atoms with Crippen molar-refractivity contribution < 1.29 is 9.47 Å². The third kappa shape index (κ3) is 5.47. The van der Waals surface area contributed by atoms with Gasteiger partial charge in [-0.15, -0.1) is 0 Å². The standard InChI is InChI=1S/C16H33N3O2/c1-6-8-10-21-14-12-13(16(14,3)4)19-15(17-5)18-9-11-20-7-2/h13-14H,6-12H2,1-5H3,(H2,17,18,19). The van der Waals surface area contributed by atoms with Crippen LogP contribution in [0.25, 0.3) is 0 Å². The highest BCUT2D eigenvalue weighted by molar-refractivity contribution is 5.80. The number of hydrogen-bond acceptors (Lipinski definition) is 3. The Bertz CT molecular complexity index is 319. The molecule has 124 valence electrons. The van der Waals surface area contributed by atoms with E-state index < -0.39 is 0 Å². The monoisotopic (exact) mass is 299 g/mol. The van der Waals surface area contributed by atoms with E-state index in [1.165, 1.54) is 6.42 Å². The topological polar surface area (TPSA) is 54.9 Å². The molecule has 1 aliphatic carbocycles. The molecule has 0 aromatic heterocycles. The zero-order valence-electron chi connectivity index (χ0n) is 14.4. The molecule has 0 amide bonds. The summed E-state index contributed by atoms with van der Waals surface area (Å²) in [5.74, 6) is 0.847. The van der Waals surface area contributed by atoms with E-state index in [-0.39, 0.29) is 5.41 Å². The van der Waals surface area contributed by atoms with Crippen LogP contribution >= 0.6 is 0 Å². The van der Waals surface area contributed by atoms with Crippen LogP contribution in [0.3, 0.4) is 0 Å². The third-order valence-corrected chi connectivity index (χ3v) is 4.27. The summed E-state index contributed by atoms with van der Waals surface area (Å²) in [5, 5.41) is 6.78. The maximum absolute atomic E-state index is 5.97. The van der Waals surface area contributed by atoms with Gasteiger partial charge in [0.25, 0.3) is 0 Å². The number of guanidine groups is 1. The van der Waals surface area contributed by atoms with Gasteiger partial charge in [0.15, 0.2) is 5.96 Å². The molecule has 0 bridgehead atoms. The first-order chi connectivity index (χ1) is 10.1. The van der Waals surface area contributed by atoms with E-state index in [0.717, 1.165) is 38.6 Å². The van der Waals surface area contributed by atoms with Gasteiger partial charge in [-0.3, -0.25) is 4.99 Å². The lowest BCUT2D eigenvalue weighted by Crippen LogP contribution is -2.63. The van der Waals surface area contributed by atoms with Crippen LogP contribution in [0.5, 0.6) is 0 Å². The Morgan fingerprint density at radius 2 is 2.05 bits per heavy atom. The smallest absolute Gasteiger partial charge is 0.191 e. The number of nitrogens with zero attached hydrogens (tertiary/aromatic N) is 1. The maximum atomic E-state index is 5.97. The maximum Gasteiger partial charge on any atom is 0.191 e. The van der Waals surface area contributed by atoms with Gasteiger partial charge in [-0.1, -0.05) is 27.2 Å². The number of aliphatic imine (C=N–C) groups is 1. The molecule has 1 saturated carbocycles. The van der Waals surface area contributed by atoms with Crippen molar-refractivity contribution >= 4 is 5.96 Å². The van der Waals surface area contributed by atoms with Gasteiger partial charge in [0.2, 0.25) is 0 Å². The van der Waals surface area contributed by atoms with Crippen molar-refractivity contribution in [1.29, 1.82) is 0 Å². The van der Waals surface area contributed by atoms with Crippen LogP contribution in [0, 0.1) is 5.41 Å². The van der Waals surface area contributed by atoms with E-state index in [1.807, 2.05) is 6.92 Å². The fraction of sp³-hybridized carbons (Fsp3) is 0.938. The van der Waals surface area contributed by atoms with Crippen molar-refractivity contribution in [3.8, 4) is 0 Å². The molecular weight excluding hydrogens is 266 g/mol. The Morgan fingerprint density at radius 3 is 2.62 bits per heavy atom. The highest BCUT2D eigenvalue weighted by Gasteiger charge is 2.49. The molecule has 2 unspecified atom stereocenters. The Hall–Kier alpha value is -0.810. The molecule has 1 fully saturated rings. The van der Waals surface area contributed by atoms with E-state index in [0.29, 0.717) is 18.8 Å². The Labute approximate surface area is 129 Å². The van der Waals surface area contributed by atoms with E-state index in [4.69, 9.17) is 9.47 Å². The highest BCUT2D eigenvalue weighted by Crippen LogP contribution is 2.42. The summed E-state index contributed by atoms with van der Waals surface area (Å²) >= 11 is 0. The second kappa shape index (κ2) is 9.26. The molecule has 0 spiro atoms. The summed E-state index contributed by atoms with van der Waals surface area (Å²) < 4.78 is 11.3. The molecule has 2 atom stereocenters. The Morgan fingerprint density at radius 1 is 1.29 bits per heavy atom. The lowest BCUT2D eigenvalue weighted by Gasteiger charge is -2.52. The predicted molar refractivity (Wildman–Crippen MR) is 87.8 cm³/mol. The number of nitrogens with one attached hydrogen (secondary N) is 2. The first-order valence-electron chi connectivity index (χ1n) is 8.22. The summed E-state index contributed by atoms with van der Waals surface area (Å²) in [5.41, 5.74) is 0.144. The van der Waals surface area contributed by atoms with Crippen LogP contribution in [0.15, 0.2) is 4.99 Å². The molecule has 0 heterocycles. The number of rotatable bonds is 9. The zero-order chi connectivity index (χ0) is 15.7. The quantitative estimate of drug-likeness (QED) is 0.389. The first-order valence-corrected chi connectivity index (χ1v) is 8.22. The minimum absolute atomic E-state index is 0.144. The minimum Gasteiger partial charge on any atom is -0.380 e. The summed E-state index contributed by atoms with van der Waals surface area (Å²) in [4.78, 5) is 4.27. The molecule has 0 saturated heterocycles. The number of hydrogen-bond donors (Lipinski definition) is 2. The predicted octanol–water partition coefficient (Wildman–Crippen LogP) is 2.17. The summed E-state index contributed by atoms with van der Waals surface area (Å²) in [6, 6.07) is 0.405. The molecule has 5 heteroatoms. The van der Waals surface area contributed by atoms with Crippen LogP contribution in [0.2, 0.25) is 0 Å². The van der Waals surface area contributed by atoms with Gasteiger partial charge in [0, 0.05) is 38.3 Å². The van der Waals surface area contributed by atoms with Crippen molar-refractivity contribution in [3.63, 3.8) is 0 Å². The van der Waals surface area contributed by atoms with Crippen molar-refractivity contribution in [1.82, 2.24) is 10.6 Å². The normalized spacial score (nSPS) is 24.5. The minimum atomic E-state index is 0.144. The van der Waals surface area contributed by atoms with Crippen LogP contribution in [0.4, 0.5) is 0 Å². The summed E-state index contributed by atoms with van der Waals surface area (Å²) in [7, 11) is 1.80. The van der Waals surface area contributed by atoms with Gasteiger partial charge in [0.1, 0.15) is 0 Å². The lowest BCUT2D eigenvalue weighted by molar-refractivity contribution is -0.113. The molecule has 0 aromatic rings. The van der Waals surface area contributed by atoms with Crippen molar-refractivity contribution in [2.24, 2.45) is 10.4 Å². The molecule has 21 heavy (non-hydrogen) atoms. The van der Waals surface area contributed by atoms with E-state index in [9.17, 15) is 0 Å². The van der Waals surface area contributed by atoms with Crippen molar-refractivity contribution in [2.45, 2.75) is 59.1 Å². The lowest BCUT2D eigenvalue weighted by atomic mass is 9.64. The molecule has 1 aliphatic rings. The van der Waals surface area contributed by atoms with Gasteiger partial charge in [-0.05, 0) is 19.8 Å². The summed E-state index contributed by atoms with van der Waals surface area (Å²) in [6.45, 7) is 11.8. The average Bonchev–Trinajstić information content (AvgIpc) is 2.47. The van der Waals surface area contributed by atoms with Crippen LogP contribution in [-0.2, 0) is 9.47 Å². The second-order valence-corrected chi connectivity index (χ2v) is 6.16. The largest absolute Gasteiger partial charge is 0.380 e. The highest BCUT2D eigenvalue weighted by atomic mass is 16.5. The zero-order valence-corrected chi connectivity index (χ0v) is 14.4. The van der Waals surface area contributed by atoms with E-state index in [2.05, 4.69) is 36.4 Å². The molecule has 0 radical (unpaired) electrons. The number of unbranched alkanes of at least 4 members (excludes halogenated alkanes) is 1. The fourth-order valence-corrected chi connectivity index (χ4v) is 2.53. The van der Waals surface area contributed by atoms with E-state index in [1.54, 1.807) is 7.05 Å². The van der Waals surface area contributed by atoms with Crippen LogP contribution < -0.4 is 10.6 Å². The van der Waals surface area contributed by atoms with Gasteiger partial charge in [0.05, 0.1) is 12.7 Å². The fourth-order valence-electron chi connectivity index (χ4n) is 2.53.